The number of amides is 1. The Kier molecular flexibility index (Phi) is 6.34. The van der Waals surface area contributed by atoms with Crippen LogP contribution in [-0.4, -0.2) is 36.2 Å². The molecular formula is C14H17NO2S. The SMILES string of the molecule is CSCCNC(=O)c1ccc(C)c(C#CCO)c1. The molecule has 2 N–H and O–H groups in total. The highest BCUT2D eigenvalue weighted by Crippen LogP contribution is 2.10. The molecule has 0 atom stereocenters. The predicted molar refractivity (Wildman–Crippen MR) is 75.9 cm³/mol. The number of aryl methyl sites for hydroxylation is 1. The summed E-state index contributed by atoms with van der Waals surface area (Å²) in [5.74, 6) is 6.25. The summed E-state index contributed by atoms with van der Waals surface area (Å²) in [6, 6.07) is 5.41. The Morgan fingerprint density at radius 3 is 2.94 bits per heavy atom. The molecule has 0 unspecified atom stereocenters. The summed E-state index contributed by atoms with van der Waals surface area (Å²) in [6.07, 6.45) is 2.00. The van der Waals surface area contributed by atoms with Crippen LogP contribution in [0, 0.1) is 18.8 Å². The maximum Gasteiger partial charge on any atom is 0.251 e. The Bertz CT molecular complexity index is 474. The van der Waals surface area contributed by atoms with E-state index in [4.69, 9.17) is 5.11 Å². The second-order valence-corrected chi connectivity index (χ2v) is 4.72. The van der Waals surface area contributed by atoms with E-state index >= 15 is 0 Å². The Morgan fingerprint density at radius 2 is 2.28 bits per heavy atom. The van der Waals surface area contributed by atoms with E-state index < -0.39 is 0 Å². The van der Waals surface area contributed by atoms with Crippen molar-refractivity contribution in [1.29, 1.82) is 0 Å². The molecule has 0 radical (unpaired) electrons. The van der Waals surface area contributed by atoms with Crippen molar-refractivity contribution >= 4 is 17.7 Å². The topological polar surface area (TPSA) is 49.3 Å². The zero-order chi connectivity index (χ0) is 13.4. The van der Waals surface area contributed by atoms with Gasteiger partial charge in [-0.05, 0) is 30.9 Å². The van der Waals surface area contributed by atoms with Gasteiger partial charge < -0.3 is 10.4 Å². The van der Waals surface area contributed by atoms with E-state index in [1.165, 1.54) is 0 Å². The van der Waals surface area contributed by atoms with Crippen LogP contribution in [0.4, 0.5) is 0 Å². The van der Waals surface area contributed by atoms with Gasteiger partial charge in [-0.15, -0.1) is 0 Å². The molecule has 0 aromatic heterocycles. The van der Waals surface area contributed by atoms with Gasteiger partial charge >= 0.3 is 0 Å². The van der Waals surface area contributed by atoms with Crippen LogP contribution in [0.25, 0.3) is 0 Å². The summed E-state index contributed by atoms with van der Waals surface area (Å²) < 4.78 is 0. The monoisotopic (exact) mass is 263 g/mol. The molecule has 1 rings (SSSR count). The van der Waals surface area contributed by atoms with Crippen LogP contribution < -0.4 is 5.32 Å². The van der Waals surface area contributed by atoms with Gasteiger partial charge in [-0.25, -0.2) is 0 Å². The van der Waals surface area contributed by atoms with E-state index in [9.17, 15) is 4.79 Å². The third kappa shape index (κ3) is 4.44. The zero-order valence-corrected chi connectivity index (χ0v) is 11.4. The van der Waals surface area contributed by atoms with Gasteiger partial charge in [-0.1, -0.05) is 17.9 Å². The lowest BCUT2D eigenvalue weighted by Gasteiger charge is -2.06. The molecule has 18 heavy (non-hydrogen) atoms. The first-order valence-corrected chi connectivity index (χ1v) is 7.06. The van der Waals surface area contributed by atoms with E-state index in [0.717, 1.165) is 16.9 Å². The lowest BCUT2D eigenvalue weighted by Crippen LogP contribution is -2.25. The van der Waals surface area contributed by atoms with Gasteiger partial charge in [-0.2, -0.15) is 11.8 Å². The Morgan fingerprint density at radius 1 is 1.50 bits per heavy atom. The quantitative estimate of drug-likeness (QED) is 0.638. The highest BCUT2D eigenvalue weighted by atomic mass is 32.2. The minimum Gasteiger partial charge on any atom is -0.384 e. The average Bonchev–Trinajstić information content (AvgIpc) is 2.38. The van der Waals surface area contributed by atoms with Gasteiger partial charge in [0, 0.05) is 23.4 Å². The minimum atomic E-state index is -0.177. The number of benzene rings is 1. The number of hydrogen-bond acceptors (Lipinski definition) is 3. The van der Waals surface area contributed by atoms with Crippen LogP contribution in [-0.2, 0) is 0 Å². The smallest absolute Gasteiger partial charge is 0.251 e. The molecule has 0 aliphatic rings. The molecule has 1 aromatic carbocycles. The maximum atomic E-state index is 11.8. The van der Waals surface area contributed by atoms with Gasteiger partial charge in [0.15, 0.2) is 0 Å². The fourth-order valence-corrected chi connectivity index (χ4v) is 1.71. The third-order valence-corrected chi connectivity index (χ3v) is 3.01. The van der Waals surface area contributed by atoms with E-state index in [-0.39, 0.29) is 12.5 Å². The normalized spacial score (nSPS) is 9.50. The summed E-state index contributed by atoms with van der Waals surface area (Å²) >= 11 is 1.69. The largest absolute Gasteiger partial charge is 0.384 e. The van der Waals surface area contributed by atoms with Crippen LogP contribution in [0.2, 0.25) is 0 Å². The molecule has 1 amide bonds. The van der Waals surface area contributed by atoms with Gasteiger partial charge in [0.05, 0.1) is 0 Å². The molecule has 96 valence electrons. The van der Waals surface area contributed by atoms with Crippen LogP contribution >= 0.6 is 11.8 Å². The van der Waals surface area contributed by atoms with Crippen molar-refractivity contribution < 1.29 is 9.90 Å². The van der Waals surface area contributed by atoms with Gasteiger partial charge in [-0.3, -0.25) is 4.79 Å². The number of nitrogens with one attached hydrogen (secondary N) is 1. The number of rotatable bonds is 4. The number of carbonyl (C=O) groups excluding carboxylic acids is 1. The van der Waals surface area contributed by atoms with Crippen molar-refractivity contribution in [2.45, 2.75) is 6.92 Å². The van der Waals surface area contributed by atoms with Crippen LogP contribution in [0.5, 0.6) is 0 Å². The molecule has 0 bridgehead atoms. The van der Waals surface area contributed by atoms with Crippen molar-refractivity contribution in [2.24, 2.45) is 0 Å². The fourth-order valence-electron chi connectivity index (χ4n) is 1.40. The highest BCUT2D eigenvalue weighted by Gasteiger charge is 2.06. The summed E-state index contributed by atoms with van der Waals surface area (Å²) in [6.45, 7) is 2.41. The molecule has 4 heteroatoms. The number of aliphatic hydroxyl groups is 1. The molecule has 0 spiro atoms. The molecule has 0 aliphatic carbocycles. The van der Waals surface area contributed by atoms with Crippen LogP contribution in [0.1, 0.15) is 21.5 Å². The lowest BCUT2D eigenvalue weighted by atomic mass is 10.0. The van der Waals surface area contributed by atoms with E-state index in [2.05, 4.69) is 17.2 Å². The molecule has 1 aromatic rings. The molecule has 0 saturated heterocycles. The van der Waals surface area contributed by atoms with Gasteiger partial charge in [0.25, 0.3) is 5.91 Å². The third-order valence-electron chi connectivity index (χ3n) is 2.39. The Balaban J connectivity index is 2.80. The fraction of sp³-hybridized carbons (Fsp3) is 0.357. The number of hydrogen-bond donors (Lipinski definition) is 2. The summed E-state index contributed by atoms with van der Waals surface area (Å²) in [4.78, 5) is 11.8. The van der Waals surface area contributed by atoms with Crippen molar-refractivity contribution in [3.8, 4) is 11.8 Å². The van der Waals surface area contributed by atoms with Gasteiger partial charge in [0.1, 0.15) is 6.61 Å². The maximum absolute atomic E-state index is 11.8. The first-order chi connectivity index (χ1) is 8.69. The Labute approximate surface area is 112 Å². The molecule has 0 heterocycles. The molecule has 0 saturated carbocycles. The standard InChI is InChI=1S/C14H17NO2S/c1-11-5-6-13(10-12(11)4-3-8-16)14(17)15-7-9-18-2/h5-6,10,16H,7-9H2,1-2H3,(H,15,17). The molecule has 0 aliphatic heterocycles. The summed E-state index contributed by atoms with van der Waals surface area (Å²) in [5, 5.41) is 11.5. The second-order valence-electron chi connectivity index (χ2n) is 3.74. The van der Waals surface area contributed by atoms with E-state index in [1.807, 2.05) is 19.2 Å². The number of aliphatic hydroxyl groups excluding tert-OH is 1. The molecule has 0 fully saturated rings. The summed E-state index contributed by atoms with van der Waals surface area (Å²) in [5.41, 5.74) is 2.38. The number of thioether (sulfide) groups is 1. The van der Waals surface area contributed by atoms with Gasteiger partial charge in [0.2, 0.25) is 0 Å². The van der Waals surface area contributed by atoms with Crippen LogP contribution in [0.15, 0.2) is 18.2 Å². The Hall–Kier alpha value is -1.44. The van der Waals surface area contributed by atoms with Crippen molar-refractivity contribution in [3.63, 3.8) is 0 Å². The van der Waals surface area contributed by atoms with Crippen molar-refractivity contribution in [1.82, 2.24) is 5.32 Å². The average molecular weight is 263 g/mol. The molecule has 3 nitrogen and oxygen atoms in total. The van der Waals surface area contributed by atoms with E-state index in [1.54, 1.807) is 23.9 Å². The van der Waals surface area contributed by atoms with Crippen molar-refractivity contribution in [2.75, 3.05) is 25.2 Å². The molecular weight excluding hydrogens is 246 g/mol. The highest BCUT2D eigenvalue weighted by molar-refractivity contribution is 7.98. The summed E-state index contributed by atoms with van der Waals surface area (Å²) in [7, 11) is 0. The number of carbonyl (C=O) groups is 1. The first-order valence-electron chi connectivity index (χ1n) is 5.66. The lowest BCUT2D eigenvalue weighted by molar-refractivity contribution is 0.0956. The zero-order valence-electron chi connectivity index (χ0n) is 10.6. The van der Waals surface area contributed by atoms with Crippen LogP contribution in [0.3, 0.4) is 0 Å². The van der Waals surface area contributed by atoms with E-state index in [0.29, 0.717) is 12.1 Å². The predicted octanol–water partition coefficient (Wildman–Crippen LogP) is 1.43. The second kappa shape index (κ2) is 7.80. The first kappa shape index (κ1) is 14.6. The minimum absolute atomic E-state index is 0.0869. The van der Waals surface area contributed by atoms with Crippen molar-refractivity contribution in [3.05, 3.63) is 34.9 Å².